The molecule has 2 heterocycles. The molecule has 1 amide bonds. The van der Waals surface area contributed by atoms with E-state index in [1.807, 2.05) is 19.3 Å². The van der Waals surface area contributed by atoms with E-state index in [-0.39, 0.29) is 16.9 Å². The number of hydrogen-bond acceptors (Lipinski definition) is 3. The van der Waals surface area contributed by atoms with Gasteiger partial charge in [0.15, 0.2) is 5.43 Å². The fourth-order valence-electron chi connectivity index (χ4n) is 1.75. The molecule has 2 N–H and O–H groups in total. The second-order valence-corrected chi connectivity index (χ2v) is 4.38. The highest BCUT2D eigenvalue weighted by Gasteiger charge is 2.09. The first kappa shape index (κ1) is 13.1. The van der Waals surface area contributed by atoms with E-state index >= 15 is 0 Å². The second kappa shape index (κ2) is 5.51. The van der Waals surface area contributed by atoms with Crippen LogP contribution in [-0.4, -0.2) is 27.2 Å². The zero-order valence-electron chi connectivity index (χ0n) is 10.9. The van der Waals surface area contributed by atoms with Crippen molar-refractivity contribution >= 4 is 5.91 Å². The van der Waals surface area contributed by atoms with Gasteiger partial charge in [-0.05, 0) is 13.0 Å². The van der Waals surface area contributed by atoms with Crippen molar-refractivity contribution in [1.29, 1.82) is 0 Å². The number of nitrogens with zero attached hydrogens (tertiary/aromatic N) is 2. The molecule has 0 bridgehead atoms. The van der Waals surface area contributed by atoms with Crippen molar-refractivity contribution in [2.45, 2.75) is 13.3 Å². The van der Waals surface area contributed by atoms with E-state index in [4.69, 9.17) is 0 Å². The van der Waals surface area contributed by atoms with E-state index < -0.39 is 0 Å². The highest BCUT2D eigenvalue weighted by atomic mass is 16.2. The van der Waals surface area contributed by atoms with Gasteiger partial charge in [-0.25, -0.2) is 0 Å². The monoisotopic (exact) mass is 260 g/mol. The SMILES string of the molecule is Cc1cc(=O)c(C(=O)NCCc2ccn(C)n2)c[nH]1. The molecule has 0 unspecified atom stereocenters. The van der Waals surface area contributed by atoms with E-state index in [0.717, 1.165) is 11.4 Å². The zero-order valence-corrected chi connectivity index (χ0v) is 10.9. The number of pyridine rings is 1. The third kappa shape index (κ3) is 3.31. The lowest BCUT2D eigenvalue weighted by atomic mass is 10.2. The van der Waals surface area contributed by atoms with E-state index in [9.17, 15) is 9.59 Å². The first-order chi connectivity index (χ1) is 9.06. The van der Waals surface area contributed by atoms with Gasteiger partial charge in [-0.3, -0.25) is 14.3 Å². The number of aromatic amines is 1. The third-order valence-electron chi connectivity index (χ3n) is 2.74. The predicted octanol–water partition coefficient (Wildman–Crippen LogP) is 0.389. The van der Waals surface area contributed by atoms with Crippen LogP contribution in [0.5, 0.6) is 0 Å². The van der Waals surface area contributed by atoms with Crippen molar-refractivity contribution in [3.05, 3.63) is 51.7 Å². The number of rotatable bonds is 4. The smallest absolute Gasteiger partial charge is 0.256 e. The van der Waals surface area contributed by atoms with Crippen LogP contribution >= 0.6 is 0 Å². The van der Waals surface area contributed by atoms with Gasteiger partial charge in [-0.2, -0.15) is 5.10 Å². The van der Waals surface area contributed by atoms with Crippen LogP contribution in [0.3, 0.4) is 0 Å². The van der Waals surface area contributed by atoms with Crippen LogP contribution in [-0.2, 0) is 13.5 Å². The van der Waals surface area contributed by atoms with Crippen LogP contribution < -0.4 is 10.7 Å². The van der Waals surface area contributed by atoms with Gasteiger partial charge in [-0.15, -0.1) is 0 Å². The topological polar surface area (TPSA) is 79.8 Å². The molecule has 19 heavy (non-hydrogen) atoms. The number of hydrogen-bond donors (Lipinski definition) is 2. The molecule has 2 aromatic rings. The van der Waals surface area contributed by atoms with Gasteiger partial charge in [0.05, 0.1) is 5.69 Å². The molecule has 0 aliphatic rings. The lowest BCUT2D eigenvalue weighted by Gasteiger charge is -2.03. The summed E-state index contributed by atoms with van der Waals surface area (Å²) in [6.45, 7) is 2.22. The van der Waals surface area contributed by atoms with Crippen LogP contribution in [0.4, 0.5) is 0 Å². The van der Waals surface area contributed by atoms with Crippen LogP contribution in [0, 0.1) is 6.92 Å². The van der Waals surface area contributed by atoms with Crippen molar-refractivity contribution in [2.75, 3.05) is 6.54 Å². The largest absolute Gasteiger partial charge is 0.364 e. The van der Waals surface area contributed by atoms with Gasteiger partial charge in [0.25, 0.3) is 5.91 Å². The van der Waals surface area contributed by atoms with Gasteiger partial charge >= 0.3 is 0 Å². The summed E-state index contributed by atoms with van der Waals surface area (Å²) in [6.07, 6.45) is 3.92. The Morgan fingerprint density at radius 2 is 2.32 bits per heavy atom. The zero-order chi connectivity index (χ0) is 13.8. The Labute approximate surface area is 110 Å². The molecule has 0 aromatic carbocycles. The number of nitrogens with one attached hydrogen (secondary N) is 2. The fourth-order valence-corrected chi connectivity index (χ4v) is 1.75. The molecule has 100 valence electrons. The Morgan fingerprint density at radius 3 is 2.95 bits per heavy atom. The highest BCUT2D eigenvalue weighted by Crippen LogP contribution is 1.95. The third-order valence-corrected chi connectivity index (χ3v) is 2.74. The van der Waals surface area contributed by atoms with Gasteiger partial charge < -0.3 is 10.3 Å². The number of aromatic nitrogens is 3. The maximum absolute atomic E-state index is 11.8. The summed E-state index contributed by atoms with van der Waals surface area (Å²) in [6, 6.07) is 3.30. The minimum Gasteiger partial charge on any atom is -0.364 e. The van der Waals surface area contributed by atoms with Crippen LogP contribution in [0.1, 0.15) is 21.7 Å². The van der Waals surface area contributed by atoms with Crippen LogP contribution in [0.2, 0.25) is 0 Å². The number of carbonyl (C=O) groups excluding carboxylic acids is 1. The van der Waals surface area contributed by atoms with Crippen molar-refractivity contribution in [2.24, 2.45) is 7.05 Å². The summed E-state index contributed by atoms with van der Waals surface area (Å²) >= 11 is 0. The van der Waals surface area contributed by atoms with Gasteiger partial charge in [0, 0.05) is 44.2 Å². The lowest BCUT2D eigenvalue weighted by Crippen LogP contribution is -2.30. The molecule has 0 radical (unpaired) electrons. The fraction of sp³-hybridized carbons (Fsp3) is 0.308. The average molecular weight is 260 g/mol. The second-order valence-electron chi connectivity index (χ2n) is 4.38. The number of H-pyrrole nitrogens is 1. The Hall–Kier alpha value is -2.37. The highest BCUT2D eigenvalue weighted by molar-refractivity contribution is 5.93. The molecule has 2 rings (SSSR count). The minimum absolute atomic E-state index is 0.131. The molecule has 0 spiro atoms. The Morgan fingerprint density at radius 1 is 1.53 bits per heavy atom. The van der Waals surface area contributed by atoms with E-state index in [1.165, 1.54) is 12.3 Å². The first-order valence-corrected chi connectivity index (χ1v) is 6.02. The molecular weight excluding hydrogens is 244 g/mol. The molecule has 0 aliphatic carbocycles. The van der Waals surface area contributed by atoms with E-state index in [0.29, 0.717) is 13.0 Å². The molecule has 2 aromatic heterocycles. The molecular formula is C13H16N4O2. The van der Waals surface area contributed by atoms with E-state index in [1.54, 1.807) is 11.6 Å². The van der Waals surface area contributed by atoms with Crippen molar-refractivity contribution < 1.29 is 4.79 Å². The molecule has 0 atom stereocenters. The minimum atomic E-state index is -0.364. The van der Waals surface area contributed by atoms with Gasteiger partial charge in [0.2, 0.25) is 0 Å². The summed E-state index contributed by atoms with van der Waals surface area (Å²) in [7, 11) is 1.84. The Kier molecular flexibility index (Phi) is 3.79. The molecule has 6 nitrogen and oxygen atoms in total. The number of carbonyl (C=O) groups is 1. The first-order valence-electron chi connectivity index (χ1n) is 6.02. The lowest BCUT2D eigenvalue weighted by molar-refractivity contribution is 0.0952. The maximum atomic E-state index is 11.8. The van der Waals surface area contributed by atoms with Crippen molar-refractivity contribution in [1.82, 2.24) is 20.1 Å². The summed E-state index contributed by atoms with van der Waals surface area (Å²) in [5.41, 5.74) is 1.49. The Balaban J connectivity index is 1.92. The van der Waals surface area contributed by atoms with Gasteiger partial charge in [-0.1, -0.05) is 0 Å². The summed E-state index contributed by atoms with van der Waals surface area (Å²) in [5.74, 6) is -0.364. The van der Waals surface area contributed by atoms with Crippen molar-refractivity contribution in [3.63, 3.8) is 0 Å². The summed E-state index contributed by atoms with van der Waals surface area (Å²) < 4.78 is 1.71. The molecule has 0 saturated heterocycles. The normalized spacial score (nSPS) is 10.4. The summed E-state index contributed by atoms with van der Waals surface area (Å²) in [5, 5.41) is 6.92. The Bertz CT molecular complexity index is 642. The quantitative estimate of drug-likeness (QED) is 0.834. The molecule has 6 heteroatoms. The number of aryl methyl sites for hydroxylation is 2. The predicted molar refractivity (Wildman–Crippen MR) is 71.0 cm³/mol. The van der Waals surface area contributed by atoms with E-state index in [2.05, 4.69) is 15.4 Å². The molecule has 0 saturated carbocycles. The maximum Gasteiger partial charge on any atom is 0.256 e. The van der Waals surface area contributed by atoms with Gasteiger partial charge in [0.1, 0.15) is 5.56 Å². The summed E-state index contributed by atoms with van der Waals surface area (Å²) in [4.78, 5) is 26.3. The standard InChI is InChI=1S/C13H16N4O2/c1-9-7-12(18)11(8-15-9)13(19)14-5-3-10-4-6-17(2)16-10/h4,6-8H,3,5H2,1-2H3,(H,14,19)(H,15,18). The number of amides is 1. The molecule has 0 aliphatic heterocycles. The van der Waals surface area contributed by atoms with Crippen molar-refractivity contribution in [3.8, 4) is 0 Å². The molecule has 0 fully saturated rings. The average Bonchev–Trinajstić information content (AvgIpc) is 2.75. The van der Waals surface area contributed by atoms with Crippen LogP contribution in [0.25, 0.3) is 0 Å². The van der Waals surface area contributed by atoms with Crippen LogP contribution in [0.15, 0.2) is 29.3 Å².